The number of hydrogen-bond donors (Lipinski definition) is 0. The van der Waals surface area contributed by atoms with E-state index >= 15 is 0 Å². The van der Waals surface area contributed by atoms with Crippen LogP contribution < -0.4 is 0 Å². The van der Waals surface area contributed by atoms with Gasteiger partial charge in [-0.2, -0.15) is 0 Å². The van der Waals surface area contributed by atoms with E-state index in [4.69, 9.17) is 0 Å². The van der Waals surface area contributed by atoms with E-state index in [0.717, 1.165) is 0 Å². The molecule has 0 atom stereocenters. The normalized spacial score (nSPS) is 17.5. The Hall–Kier alpha value is -2.12. The molecule has 60 heavy (non-hydrogen) atoms. The second-order valence-corrected chi connectivity index (χ2v) is 16.4. The zero-order valence-corrected chi connectivity index (χ0v) is 41.6. The van der Waals surface area contributed by atoms with Crippen LogP contribution in [0.1, 0.15) is 287 Å². The highest BCUT2D eigenvalue weighted by Gasteiger charge is 1.98. The van der Waals surface area contributed by atoms with Gasteiger partial charge in [-0.15, -0.1) is 0 Å². The van der Waals surface area contributed by atoms with Crippen LogP contribution >= 0.6 is 0 Å². The first-order valence-electron chi connectivity index (χ1n) is 25.6. The summed E-state index contributed by atoms with van der Waals surface area (Å²) in [5, 5.41) is 0. The molecule has 6 aliphatic rings. The van der Waals surface area contributed by atoms with E-state index in [-0.39, 0.29) is 23.9 Å². The van der Waals surface area contributed by atoms with Crippen LogP contribution in [0.2, 0.25) is 0 Å². The molecule has 0 aliphatic heterocycles. The monoisotopic (exact) mass is 857 g/mol. The molecule has 0 bridgehead atoms. The molecule has 0 aromatic heterocycles. The van der Waals surface area contributed by atoms with Crippen LogP contribution in [0.3, 0.4) is 0 Å². The molecule has 0 aromatic rings. The zero-order valence-electron chi connectivity index (χ0n) is 41.6. The highest BCUT2D eigenvalue weighted by atomic mass is 16.5. The third-order valence-corrected chi connectivity index (χ3v) is 10.4. The SMILES string of the molecule is C1CCCCC1.C1CCCCC1.C1CCCCC1.C1CCCCC1.C1CCCCC1.C1CCCCC1.CCOC(C)=O.CCOC(C)=O.CCOC(C)=O.CCOC(C)=O. The van der Waals surface area contributed by atoms with Crippen molar-refractivity contribution in [1.29, 1.82) is 0 Å². The molecule has 6 saturated carbocycles. The fraction of sp³-hybridized carbons (Fsp3) is 0.923. The zero-order chi connectivity index (χ0) is 45.4. The fourth-order valence-corrected chi connectivity index (χ4v) is 7.18. The van der Waals surface area contributed by atoms with Gasteiger partial charge >= 0.3 is 23.9 Å². The number of rotatable bonds is 4. The van der Waals surface area contributed by atoms with Crippen molar-refractivity contribution in [3.05, 3.63) is 0 Å². The van der Waals surface area contributed by atoms with Crippen LogP contribution in [0.5, 0.6) is 0 Å². The summed E-state index contributed by atoms with van der Waals surface area (Å²) in [7, 11) is 0. The Bertz CT molecular complexity index is 596. The van der Waals surface area contributed by atoms with Gasteiger partial charge in [0.25, 0.3) is 0 Å². The summed E-state index contributed by atoms with van der Waals surface area (Å²) >= 11 is 0. The Balaban J connectivity index is -0.000000290. The molecule has 6 fully saturated rings. The molecule has 0 heterocycles. The van der Waals surface area contributed by atoms with Gasteiger partial charge < -0.3 is 18.9 Å². The molecule has 0 N–H and O–H groups in total. The molecule has 6 rings (SSSR count). The number of carbonyl (C=O) groups is 4. The lowest BCUT2D eigenvalue weighted by Gasteiger charge is -2.05. The summed E-state index contributed by atoms with van der Waals surface area (Å²) in [6, 6.07) is 0. The van der Waals surface area contributed by atoms with E-state index < -0.39 is 0 Å². The van der Waals surface area contributed by atoms with Gasteiger partial charge in [0, 0.05) is 27.7 Å². The van der Waals surface area contributed by atoms with E-state index in [0.29, 0.717) is 26.4 Å². The minimum Gasteiger partial charge on any atom is -0.466 e. The molecule has 0 spiro atoms. The Morgan fingerprint density at radius 3 is 0.300 bits per heavy atom. The van der Waals surface area contributed by atoms with Crippen LogP contribution in [-0.4, -0.2) is 50.3 Å². The number of esters is 4. The lowest BCUT2D eigenvalue weighted by Crippen LogP contribution is -1.95. The van der Waals surface area contributed by atoms with Crippen LogP contribution in [0.15, 0.2) is 0 Å². The van der Waals surface area contributed by atoms with Gasteiger partial charge in [0.1, 0.15) is 0 Å². The molecule has 0 unspecified atom stereocenters. The standard InChI is InChI=1S/6C6H12.4C4H8O2/c6*1-2-4-6-5-3-1;4*1-3-6-4(2)5/h6*1-6H2;4*3H2,1-2H3. The Labute approximate surface area is 373 Å². The molecule has 0 saturated heterocycles. The molecule has 8 nitrogen and oxygen atoms in total. The van der Waals surface area contributed by atoms with Crippen molar-refractivity contribution in [2.24, 2.45) is 0 Å². The van der Waals surface area contributed by atoms with Gasteiger partial charge in [-0.1, -0.05) is 231 Å². The Morgan fingerprint density at radius 2 is 0.283 bits per heavy atom. The molecular weight excluding hydrogens is 753 g/mol. The lowest BCUT2D eigenvalue weighted by atomic mass is 10.0. The van der Waals surface area contributed by atoms with E-state index in [1.54, 1.807) is 27.7 Å². The van der Waals surface area contributed by atoms with Crippen molar-refractivity contribution in [2.45, 2.75) is 287 Å². The first-order chi connectivity index (χ1) is 29.1. The highest BCUT2D eigenvalue weighted by Crippen LogP contribution is 2.18. The molecule has 360 valence electrons. The summed E-state index contributed by atoms with van der Waals surface area (Å²) in [5.41, 5.74) is 0. The van der Waals surface area contributed by atoms with Crippen molar-refractivity contribution in [3.8, 4) is 0 Å². The third kappa shape index (κ3) is 80.0. The lowest BCUT2D eigenvalue weighted by molar-refractivity contribution is -0.141. The number of carbonyl (C=O) groups excluding carboxylic acids is 4. The average molecular weight is 857 g/mol. The predicted octanol–water partition coefficient (Wildman–Crippen LogP) is 16.3. The topological polar surface area (TPSA) is 105 Å². The second kappa shape index (κ2) is 61.2. The van der Waals surface area contributed by atoms with Crippen molar-refractivity contribution in [2.75, 3.05) is 26.4 Å². The smallest absolute Gasteiger partial charge is 0.302 e. The van der Waals surface area contributed by atoms with Gasteiger partial charge in [0.05, 0.1) is 26.4 Å². The summed E-state index contributed by atoms with van der Waals surface area (Å²) in [4.78, 5) is 39.3. The van der Waals surface area contributed by atoms with Crippen molar-refractivity contribution in [1.82, 2.24) is 0 Å². The summed E-state index contributed by atoms with van der Waals surface area (Å²) < 4.78 is 17.6. The third-order valence-electron chi connectivity index (χ3n) is 10.4. The number of hydrogen-bond acceptors (Lipinski definition) is 8. The van der Waals surface area contributed by atoms with Crippen LogP contribution in [-0.2, 0) is 38.1 Å². The Morgan fingerprint density at radius 1 is 0.217 bits per heavy atom. The minimum atomic E-state index is -0.211. The van der Waals surface area contributed by atoms with Crippen LogP contribution in [0.25, 0.3) is 0 Å². The quantitative estimate of drug-likeness (QED) is 0.203. The van der Waals surface area contributed by atoms with Crippen LogP contribution in [0, 0.1) is 0 Å². The molecular formula is C52H104O8. The van der Waals surface area contributed by atoms with E-state index in [1.807, 2.05) is 0 Å². The van der Waals surface area contributed by atoms with Crippen LogP contribution in [0.4, 0.5) is 0 Å². The first kappa shape index (κ1) is 64.5. The van der Waals surface area contributed by atoms with Crippen molar-refractivity contribution < 1.29 is 38.1 Å². The predicted molar refractivity (Wildman–Crippen MR) is 255 cm³/mol. The summed E-state index contributed by atoms with van der Waals surface area (Å²) in [6.45, 7) is 14.6. The average Bonchev–Trinajstić information content (AvgIpc) is 3.29. The van der Waals surface area contributed by atoms with Gasteiger partial charge in [-0.3, -0.25) is 19.2 Å². The minimum absolute atomic E-state index is 0.211. The molecule has 0 radical (unpaired) electrons. The van der Waals surface area contributed by atoms with Gasteiger partial charge in [-0.25, -0.2) is 0 Å². The molecule has 0 amide bonds. The largest absolute Gasteiger partial charge is 0.466 e. The fourth-order valence-electron chi connectivity index (χ4n) is 7.18. The highest BCUT2D eigenvalue weighted by molar-refractivity contribution is 5.66. The first-order valence-corrected chi connectivity index (χ1v) is 25.6. The maximum absolute atomic E-state index is 9.82. The summed E-state index contributed by atoms with van der Waals surface area (Å²) in [5.74, 6) is -0.843. The molecule has 0 aromatic carbocycles. The Kier molecular flexibility index (Phi) is 65.8. The van der Waals surface area contributed by atoms with Gasteiger partial charge in [0.15, 0.2) is 0 Å². The number of ether oxygens (including phenoxy) is 4. The molecule has 6 aliphatic carbocycles. The summed E-state index contributed by atoms with van der Waals surface area (Å²) in [6.07, 6.45) is 54.0. The maximum Gasteiger partial charge on any atom is 0.302 e. The maximum atomic E-state index is 9.82. The van der Waals surface area contributed by atoms with E-state index in [2.05, 4.69) is 18.9 Å². The van der Waals surface area contributed by atoms with Crippen molar-refractivity contribution >= 4 is 23.9 Å². The van der Waals surface area contributed by atoms with Gasteiger partial charge in [-0.05, 0) is 27.7 Å². The van der Waals surface area contributed by atoms with Crippen molar-refractivity contribution in [3.63, 3.8) is 0 Å². The second-order valence-electron chi connectivity index (χ2n) is 16.4. The van der Waals surface area contributed by atoms with E-state index in [1.165, 1.54) is 259 Å². The molecule has 8 heteroatoms. The van der Waals surface area contributed by atoms with Gasteiger partial charge in [0.2, 0.25) is 0 Å². The van der Waals surface area contributed by atoms with E-state index in [9.17, 15) is 19.2 Å².